The van der Waals surface area contributed by atoms with Crippen molar-refractivity contribution in [3.8, 4) is 0 Å². The zero-order chi connectivity index (χ0) is 20.1. The Bertz CT molecular complexity index is 912. The molecule has 146 valence electrons. The second kappa shape index (κ2) is 8.39. The van der Waals surface area contributed by atoms with E-state index < -0.39 is 22.8 Å². The van der Waals surface area contributed by atoms with E-state index in [9.17, 15) is 14.7 Å². The molecular weight excluding hydrogens is 378 g/mol. The molecule has 0 saturated heterocycles. The molecule has 1 aliphatic heterocycles. The molecule has 0 fully saturated rings. The average Bonchev–Trinajstić information content (AvgIpc) is 2.94. The first kappa shape index (κ1) is 19.8. The largest absolute Gasteiger partial charge is 0.612 e. The van der Waals surface area contributed by atoms with E-state index in [-0.39, 0.29) is 18.7 Å². The molecule has 28 heavy (non-hydrogen) atoms. The smallest absolute Gasteiger partial charge is 0.340 e. The van der Waals surface area contributed by atoms with Gasteiger partial charge in [0.25, 0.3) is 0 Å². The highest BCUT2D eigenvalue weighted by atomic mass is 32.2. The molecule has 0 radical (unpaired) electrons. The number of ether oxygens (including phenoxy) is 2. The third-order valence-electron chi connectivity index (χ3n) is 4.10. The molecule has 1 aliphatic rings. The Labute approximate surface area is 167 Å². The number of hydrogen-bond donors (Lipinski definition) is 1. The molecule has 1 atom stereocenters. The van der Waals surface area contributed by atoms with Crippen LogP contribution in [0.25, 0.3) is 0 Å². The molecule has 0 bridgehead atoms. The molecular formula is C21H20NO5S-. The van der Waals surface area contributed by atoms with E-state index >= 15 is 0 Å². The fraction of sp³-hybridized carbons (Fsp3) is 0.238. The van der Waals surface area contributed by atoms with Crippen LogP contribution in [0.5, 0.6) is 0 Å². The summed E-state index contributed by atoms with van der Waals surface area (Å²) < 4.78 is 10.9. The number of carbonyl (C=O) groups is 2. The van der Waals surface area contributed by atoms with Gasteiger partial charge in [0.15, 0.2) is 4.93 Å². The van der Waals surface area contributed by atoms with Crippen LogP contribution in [0.2, 0.25) is 0 Å². The van der Waals surface area contributed by atoms with Crippen molar-refractivity contribution < 1.29 is 24.2 Å². The van der Waals surface area contributed by atoms with Crippen molar-refractivity contribution in [2.24, 2.45) is 0 Å². The summed E-state index contributed by atoms with van der Waals surface area (Å²) in [7, 11) is 0. The summed E-state index contributed by atoms with van der Waals surface area (Å²) in [6, 6.07) is 16.5. The first-order chi connectivity index (χ1) is 13.4. The summed E-state index contributed by atoms with van der Waals surface area (Å²) in [5.41, 5.74) is 1.14. The Morgan fingerprint density at radius 3 is 2.54 bits per heavy atom. The van der Waals surface area contributed by atoms with Gasteiger partial charge in [-0.25, -0.2) is 4.79 Å². The second-order valence-corrected chi connectivity index (χ2v) is 7.50. The monoisotopic (exact) mass is 398 g/mol. The van der Waals surface area contributed by atoms with Crippen molar-refractivity contribution in [3.63, 3.8) is 0 Å². The van der Waals surface area contributed by atoms with Gasteiger partial charge in [-0.2, -0.15) is 0 Å². The fourth-order valence-corrected chi connectivity index (χ4v) is 4.30. The quantitative estimate of drug-likeness (QED) is 0.570. The van der Waals surface area contributed by atoms with Crippen LogP contribution in [-0.2, 0) is 19.2 Å². The number of rotatable bonds is 7. The van der Waals surface area contributed by atoms with E-state index in [1.165, 1.54) is 18.7 Å². The minimum atomic E-state index is -1.19. The number of hydrogen-bond acceptors (Lipinski definition) is 6. The van der Waals surface area contributed by atoms with Crippen molar-refractivity contribution in [2.45, 2.75) is 30.1 Å². The van der Waals surface area contributed by atoms with Crippen LogP contribution in [0.1, 0.15) is 36.2 Å². The zero-order valence-electron chi connectivity index (χ0n) is 15.6. The van der Waals surface area contributed by atoms with Gasteiger partial charge in [0.05, 0.1) is 11.5 Å². The van der Waals surface area contributed by atoms with Crippen LogP contribution in [0.3, 0.4) is 0 Å². The number of carbonyl (C=O) groups excluding carboxylic acids is 2. The SMILES string of the molecule is CCO/C([O-])=C(/CC1(Sc2ccccc2)OC(=O)c2ccccc21)NC(C)=O. The van der Waals surface area contributed by atoms with Gasteiger partial charge in [0, 0.05) is 29.5 Å². The first-order valence-electron chi connectivity index (χ1n) is 8.82. The second-order valence-electron chi connectivity index (χ2n) is 6.16. The summed E-state index contributed by atoms with van der Waals surface area (Å²) in [6.45, 7) is 3.16. The maximum Gasteiger partial charge on any atom is 0.340 e. The Morgan fingerprint density at radius 1 is 1.18 bits per heavy atom. The Kier molecular flexibility index (Phi) is 5.94. The van der Waals surface area contributed by atoms with Crippen molar-refractivity contribution in [1.82, 2.24) is 5.32 Å². The van der Waals surface area contributed by atoms with Gasteiger partial charge in [0.1, 0.15) is 0 Å². The van der Waals surface area contributed by atoms with Crippen LogP contribution in [0.4, 0.5) is 0 Å². The maximum absolute atomic E-state index is 12.5. The molecule has 0 saturated carbocycles. The minimum Gasteiger partial charge on any atom is -0.612 e. The van der Waals surface area contributed by atoms with Gasteiger partial charge in [0.2, 0.25) is 5.91 Å². The highest BCUT2D eigenvalue weighted by Gasteiger charge is 2.47. The Balaban J connectivity index is 2.08. The molecule has 0 aliphatic carbocycles. The lowest BCUT2D eigenvalue weighted by atomic mass is 10.0. The fourth-order valence-electron chi connectivity index (χ4n) is 3.01. The predicted octanol–water partition coefficient (Wildman–Crippen LogP) is 2.89. The van der Waals surface area contributed by atoms with Gasteiger partial charge >= 0.3 is 5.97 Å². The van der Waals surface area contributed by atoms with Crippen molar-refractivity contribution >= 4 is 23.6 Å². The standard InChI is InChI=1S/C21H21NO5S/c1-3-26-20(25)18(22-14(2)23)13-21(28-15-9-5-4-6-10-15)17-12-8-7-11-16(17)19(24)27-21/h4-12,25H,3,13H2,1-2H3,(H,22,23)/p-1/b20-18-. The third-order valence-corrected chi connectivity index (χ3v) is 5.38. The van der Waals surface area contributed by atoms with Crippen LogP contribution in [0, 0.1) is 0 Å². The molecule has 2 aromatic carbocycles. The summed E-state index contributed by atoms with van der Waals surface area (Å²) in [5, 5.41) is 15.0. The summed E-state index contributed by atoms with van der Waals surface area (Å²) in [4.78, 5) is 23.8. The lowest BCUT2D eigenvalue weighted by Crippen LogP contribution is -2.32. The predicted molar refractivity (Wildman–Crippen MR) is 103 cm³/mol. The number of amides is 1. The average molecular weight is 398 g/mol. The number of thioether (sulfide) groups is 1. The van der Waals surface area contributed by atoms with E-state index in [4.69, 9.17) is 9.47 Å². The van der Waals surface area contributed by atoms with Gasteiger partial charge < -0.3 is 19.9 Å². The van der Waals surface area contributed by atoms with Gasteiger partial charge in [-0.1, -0.05) is 55.1 Å². The van der Waals surface area contributed by atoms with E-state index in [1.807, 2.05) is 36.4 Å². The molecule has 1 heterocycles. The first-order valence-corrected chi connectivity index (χ1v) is 9.64. The topological polar surface area (TPSA) is 87.7 Å². The number of fused-ring (bicyclic) bond motifs is 1. The van der Waals surface area contributed by atoms with Crippen LogP contribution < -0.4 is 10.4 Å². The lowest BCUT2D eigenvalue weighted by molar-refractivity contribution is -0.359. The lowest BCUT2D eigenvalue weighted by Gasteiger charge is -2.31. The van der Waals surface area contributed by atoms with Crippen LogP contribution in [0.15, 0.2) is 71.1 Å². The van der Waals surface area contributed by atoms with Crippen molar-refractivity contribution in [1.29, 1.82) is 0 Å². The van der Waals surface area contributed by atoms with E-state index in [0.29, 0.717) is 11.1 Å². The maximum atomic E-state index is 12.5. The molecule has 1 unspecified atom stereocenters. The highest BCUT2D eigenvalue weighted by molar-refractivity contribution is 8.00. The summed E-state index contributed by atoms with van der Waals surface area (Å²) in [6.07, 6.45) is -0.0340. The number of esters is 1. The number of benzene rings is 2. The summed E-state index contributed by atoms with van der Waals surface area (Å²) in [5.74, 6) is -1.52. The van der Waals surface area contributed by atoms with Gasteiger partial charge in [-0.15, -0.1) is 0 Å². The van der Waals surface area contributed by atoms with Gasteiger partial charge in [-0.3, -0.25) is 4.79 Å². The molecule has 7 heteroatoms. The van der Waals surface area contributed by atoms with Crippen LogP contribution in [-0.4, -0.2) is 18.5 Å². The zero-order valence-corrected chi connectivity index (χ0v) is 16.4. The van der Waals surface area contributed by atoms with Crippen molar-refractivity contribution in [2.75, 3.05) is 6.61 Å². The molecule has 3 rings (SSSR count). The van der Waals surface area contributed by atoms with E-state index in [1.54, 1.807) is 25.1 Å². The van der Waals surface area contributed by atoms with E-state index in [2.05, 4.69) is 5.32 Å². The molecule has 6 nitrogen and oxygen atoms in total. The van der Waals surface area contributed by atoms with E-state index in [0.717, 1.165) is 4.90 Å². The molecule has 2 aromatic rings. The highest BCUT2D eigenvalue weighted by Crippen LogP contribution is 2.51. The Hall–Kier alpha value is -2.93. The van der Waals surface area contributed by atoms with Gasteiger partial charge in [-0.05, 0) is 24.8 Å². The minimum absolute atomic E-state index is 0.0340. The molecule has 0 spiro atoms. The normalized spacial score (nSPS) is 18.7. The van der Waals surface area contributed by atoms with Crippen LogP contribution >= 0.6 is 11.8 Å². The molecule has 1 N–H and O–H groups in total. The third kappa shape index (κ3) is 4.14. The summed E-state index contributed by atoms with van der Waals surface area (Å²) >= 11 is 1.31. The number of nitrogens with one attached hydrogen (secondary N) is 1. The number of cyclic esters (lactones) is 1. The Morgan fingerprint density at radius 2 is 1.86 bits per heavy atom. The molecule has 1 amide bonds. The molecule has 0 aromatic heterocycles. The van der Waals surface area contributed by atoms with Crippen molar-refractivity contribution in [3.05, 3.63) is 77.4 Å².